The summed E-state index contributed by atoms with van der Waals surface area (Å²) in [5.74, 6) is 1.14. The Morgan fingerprint density at radius 2 is 1.83 bits per heavy atom. The highest BCUT2D eigenvalue weighted by Crippen LogP contribution is 2.36. The van der Waals surface area contributed by atoms with Gasteiger partial charge < -0.3 is 19.5 Å². The number of fused-ring (bicyclic) bond motifs is 1. The third-order valence-corrected chi connectivity index (χ3v) is 7.10. The highest BCUT2D eigenvalue weighted by Gasteiger charge is 2.31. The predicted molar refractivity (Wildman–Crippen MR) is 115 cm³/mol. The van der Waals surface area contributed by atoms with E-state index in [9.17, 15) is 9.59 Å². The number of carbonyl (C=O) groups excluding carboxylic acids is 2. The first kappa shape index (κ1) is 19.5. The largest absolute Gasteiger partial charge is 0.490 e. The van der Waals surface area contributed by atoms with Crippen molar-refractivity contribution in [3.05, 3.63) is 30.5 Å². The summed E-state index contributed by atoms with van der Waals surface area (Å²) in [4.78, 5) is 26.1. The second kappa shape index (κ2) is 8.32. The Balaban J connectivity index is 1.21. The molecule has 3 aliphatic rings. The van der Waals surface area contributed by atoms with Gasteiger partial charge in [-0.05, 0) is 37.5 Å². The van der Waals surface area contributed by atoms with Crippen LogP contribution >= 0.6 is 0 Å². The van der Waals surface area contributed by atoms with Crippen LogP contribution in [0.3, 0.4) is 0 Å². The third-order valence-electron chi connectivity index (χ3n) is 7.10. The molecule has 3 fully saturated rings. The van der Waals surface area contributed by atoms with Crippen molar-refractivity contribution in [2.45, 2.75) is 63.5 Å². The van der Waals surface area contributed by atoms with Crippen LogP contribution in [0, 0.1) is 5.92 Å². The summed E-state index contributed by atoms with van der Waals surface area (Å²) in [6.45, 7) is 1.94. The molecule has 5 rings (SSSR count). The SMILES string of the molecule is O=C1CCC(C(=O)N2CCC(Oc3cccc4c3ccn4C3CCCC3)CC2)CN1. The molecule has 3 heterocycles. The van der Waals surface area contributed by atoms with Gasteiger partial charge in [0, 0.05) is 56.5 Å². The number of benzene rings is 1. The van der Waals surface area contributed by atoms with E-state index in [0.29, 0.717) is 25.4 Å². The maximum Gasteiger partial charge on any atom is 0.227 e. The number of aromatic nitrogens is 1. The zero-order chi connectivity index (χ0) is 20.5. The Labute approximate surface area is 177 Å². The van der Waals surface area contributed by atoms with Gasteiger partial charge in [-0.1, -0.05) is 18.9 Å². The lowest BCUT2D eigenvalue weighted by Gasteiger charge is -2.35. The molecule has 6 heteroatoms. The average molecular weight is 410 g/mol. The molecule has 1 saturated carbocycles. The number of nitrogens with zero attached hydrogens (tertiary/aromatic N) is 2. The summed E-state index contributed by atoms with van der Waals surface area (Å²) < 4.78 is 8.85. The normalized spacial score (nSPS) is 23.7. The van der Waals surface area contributed by atoms with Crippen LogP contribution in [0.25, 0.3) is 10.9 Å². The quantitative estimate of drug-likeness (QED) is 0.838. The average Bonchev–Trinajstić information content (AvgIpc) is 3.44. The van der Waals surface area contributed by atoms with Gasteiger partial charge in [0.1, 0.15) is 11.9 Å². The number of rotatable bonds is 4. The minimum absolute atomic E-state index is 0.0575. The molecule has 2 amide bonds. The summed E-state index contributed by atoms with van der Waals surface area (Å²) in [6, 6.07) is 9.18. The molecule has 1 aromatic heterocycles. The lowest BCUT2D eigenvalue weighted by Crippen LogP contribution is -2.48. The van der Waals surface area contributed by atoms with Crippen LogP contribution in [-0.4, -0.2) is 47.0 Å². The minimum Gasteiger partial charge on any atom is -0.490 e. The van der Waals surface area contributed by atoms with E-state index in [4.69, 9.17) is 4.74 Å². The maximum absolute atomic E-state index is 12.8. The highest BCUT2D eigenvalue weighted by atomic mass is 16.5. The fourth-order valence-electron chi connectivity index (χ4n) is 5.34. The van der Waals surface area contributed by atoms with E-state index in [-0.39, 0.29) is 23.8 Å². The van der Waals surface area contributed by atoms with Crippen molar-refractivity contribution in [3.63, 3.8) is 0 Å². The number of piperidine rings is 2. The van der Waals surface area contributed by atoms with E-state index in [0.717, 1.165) is 31.7 Å². The summed E-state index contributed by atoms with van der Waals surface area (Å²) >= 11 is 0. The summed E-state index contributed by atoms with van der Waals surface area (Å²) in [7, 11) is 0. The molecule has 6 nitrogen and oxygen atoms in total. The highest BCUT2D eigenvalue weighted by molar-refractivity contribution is 5.86. The van der Waals surface area contributed by atoms with E-state index in [2.05, 4.69) is 40.3 Å². The minimum atomic E-state index is -0.0655. The van der Waals surface area contributed by atoms with Gasteiger partial charge in [0.05, 0.1) is 11.4 Å². The van der Waals surface area contributed by atoms with Crippen molar-refractivity contribution in [2.24, 2.45) is 5.92 Å². The zero-order valence-electron chi connectivity index (χ0n) is 17.5. The molecule has 2 aromatic rings. The second-order valence-electron chi connectivity index (χ2n) is 9.03. The van der Waals surface area contributed by atoms with Crippen molar-refractivity contribution >= 4 is 22.7 Å². The molecule has 0 bridgehead atoms. The number of likely N-dealkylation sites (tertiary alicyclic amines) is 1. The molecular weight excluding hydrogens is 378 g/mol. The van der Waals surface area contributed by atoms with Crippen LogP contribution in [-0.2, 0) is 9.59 Å². The van der Waals surface area contributed by atoms with Crippen molar-refractivity contribution in [1.29, 1.82) is 0 Å². The van der Waals surface area contributed by atoms with Crippen LogP contribution in [0.1, 0.15) is 57.4 Å². The summed E-state index contributed by atoms with van der Waals surface area (Å²) in [5.41, 5.74) is 1.27. The Hall–Kier alpha value is -2.50. The van der Waals surface area contributed by atoms with E-state index < -0.39 is 0 Å². The van der Waals surface area contributed by atoms with Crippen LogP contribution < -0.4 is 10.1 Å². The van der Waals surface area contributed by atoms with Crippen molar-refractivity contribution in [3.8, 4) is 5.75 Å². The van der Waals surface area contributed by atoms with Crippen molar-refractivity contribution < 1.29 is 14.3 Å². The smallest absolute Gasteiger partial charge is 0.227 e. The fraction of sp³-hybridized carbons (Fsp3) is 0.583. The van der Waals surface area contributed by atoms with E-state index in [1.165, 1.54) is 36.6 Å². The Bertz CT molecular complexity index is 913. The Kier molecular flexibility index (Phi) is 5.40. The molecule has 1 aromatic carbocycles. The topological polar surface area (TPSA) is 63.6 Å². The van der Waals surface area contributed by atoms with Crippen LogP contribution in [0.15, 0.2) is 30.5 Å². The fourth-order valence-corrected chi connectivity index (χ4v) is 5.34. The number of hydrogen-bond donors (Lipinski definition) is 1. The molecule has 1 aliphatic carbocycles. The maximum atomic E-state index is 12.8. The summed E-state index contributed by atoms with van der Waals surface area (Å²) in [6.07, 6.45) is 10.4. The van der Waals surface area contributed by atoms with Gasteiger partial charge in [0.2, 0.25) is 11.8 Å². The molecule has 160 valence electrons. The van der Waals surface area contributed by atoms with Gasteiger partial charge in [-0.25, -0.2) is 0 Å². The number of amides is 2. The number of hydrogen-bond acceptors (Lipinski definition) is 3. The molecule has 0 radical (unpaired) electrons. The number of nitrogens with one attached hydrogen (secondary N) is 1. The molecule has 0 spiro atoms. The van der Waals surface area contributed by atoms with Crippen LogP contribution in [0.2, 0.25) is 0 Å². The van der Waals surface area contributed by atoms with Crippen molar-refractivity contribution in [2.75, 3.05) is 19.6 Å². The lowest BCUT2D eigenvalue weighted by atomic mass is 9.96. The van der Waals surface area contributed by atoms with Gasteiger partial charge >= 0.3 is 0 Å². The first-order valence-corrected chi connectivity index (χ1v) is 11.5. The van der Waals surface area contributed by atoms with Crippen LogP contribution in [0.4, 0.5) is 0 Å². The predicted octanol–water partition coefficient (Wildman–Crippen LogP) is 3.65. The van der Waals surface area contributed by atoms with Crippen LogP contribution in [0.5, 0.6) is 5.75 Å². The summed E-state index contributed by atoms with van der Waals surface area (Å²) in [5, 5.41) is 4.01. The third kappa shape index (κ3) is 3.80. The van der Waals surface area contributed by atoms with Gasteiger partial charge in [-0.2, -0.15) is 0 Å². The van der Waals surface area contributed by atoms with E-state index >= 15 is 0 Å². The van der Waals surface area contributed by atoms with E-state index in [1.807, 2.05) is 4.90 Å². The molecule has 30 heavy (non-hydrogen) atoms. The van der Waals surface area contributed by atoms with Gasteiger partial charge in [-0.15, -0.1) is 0 Å². The second-order valence-corrected chi connectivity index (χ2v) is 9.03. The van der Waals surface area contributed by atoms with Crippen molar-refractivity contribution in [1.82, 2.24) is 14.8 Å². The molecule has 2 saturated heterocycles. The zero-order valence-corrected chi connectivity index (χ0v) is 17.5. The Morgan fingerprint density at radius 3 is 2.57 bits per heavy atom. The molecule has 2 aliphatic heterocycles. The van der Waals surface area contributed by atoms with Gasteiger partial charge in [0.15, 0.2) is 0 Å². The Morgan fingerprint density at radius 1 is 1.03 bits per heavy atom. The standard InChI is InChI=1S/C24H31N3O3/c28-23-9-8-17(16-25-23)24(29)26-13-10-19(11-14-26)30-22-7-3-6-21-20(22)12-15-27(21)18-4-1-2-5-18/h3,6-7,12,15,17-19H,1-2,4-5,8-11,13-14,16H2,(H,25,28). The number of carbonyl (C=O) groups is 2. The lowest BCUT2D eigenvalue weighted by molar-refractivity contribution is -0.139. The first-order chi connectivity index (χ1) is 14.7. The van der Waals surface area contributed by atoms with E-state index in [1.54, 1.807) is 0 Å². The molecule has 1 N–H and O–H groups in total. The molecule has 1 unspecified atom stereocenters. The first-order valence-electron chi connectivity index (χ1n) is 11.5. The monoisotopic (exact) mass is 409 g/mol. The van der Waals surface area contributed by atoms with Gasteiger partial charge in [0.25, 0.3) is 0 Å². The van der Waals surface area contributed by atoms with Gasteiger partial charge in [-0.3, -0.25) is 9.59 Å². The molecule has 1 atom stereocenters. The number of ether oxygens (including phenoxy) is 1. The molecular formula is C24H31N3O3.